The van der Waals surface area contributed by atoms with Gasteiger partial charge in [0.15, 0.2) is 11.5 Å². The number of nitro benzene ring substituents is 2. The summed E-state index contributed by atoms with van der Waals surface area (Å²) in [7, 11) is 0. The first kappa shape index (κ1) is 21.6. The van der Waals surface area contributed by atoms with Gasteiger partial charge in [-0.15, -0.1) is 0 Å². The molecule has 0 aliphatic rings. The highest BCUT2D eigenvalue weighted by Gasteiger charge is 2.19. The maximum atomic E-state index is 11.9. The average Bonchev–Trinajstić information content (AvgIpc) is 3.21. The number of ether oxygens (including phenoxy) is 1. The number of furan rings is 1. The van der Waals surface area contributed by atoms with Crippen LogP contribution in [0.1, 0.15) is 16.7 Å². The lowest BCUT2D eigenvalue weighted by Gasteiger charge is -2.06. The van der Waals surface area contributed by atoms with Gasteiger partial charge in [0.05, 0.1) is 21.5 Å². The zero-order valence-electron chi connectivity index (χ0n) is 17.4. The summed E-state index contributed by atoms with van der Waals surface area (Å²) in [5.41, 5.74) is -0.309. The molecule has 0 fully saturated rings. The van der Waals surface area contributed by atoms with E-state index in [4.69, 9.17) is 13.6 Å². The van der Waals surface area contributed by atoms with Crippen molar-refractivity contribution in [1.29, 1.82) is 0 Å². The van der Waals surface area contributed by atoms with Gasteiger partial charge in [0.25, 0.3) is 11.4 Å². The van der Waals surface area contributed by atoms with Crippen LogP contribution in [0, 0.1) is 34.1 Å². The molecule has 33 heavy (non-hydrogen) atoms. The van der Waals surface area contributed by atoms with Crippen molar-refractivity contribution in [1.82, 2.24) is 0 Å². The van der Waals surface area contributed by atoms with Gasteiger partial charge in [-0.05, 0) is 38.1 Å². The van der Waals surface area contributed by atoms with Crippen molar-refractivity contribution < 1.29 is 28.5 Å². The summed E-state index contributed by atoms with van der Waals surface area (Å²) in [6.07, 6.45) is 0. The lowest BCUT2D eigenvalue weighted by atomic mass is 10.1. The third-order valence-corrected chi connectivity index (χ3v) is 5.05. The molecule has 0 aliphatic carbocycles. The van der Waals surface area contributed by atoms with Gasteiger partial charge in [-0.1, -0.05) is 0 Å². The number of aromatic hydroxyl groups is 1. The second-order valence-electron chi connectivity index (χ2n) is 7.29. The molecule has 2 aromatic carbocycles. The fourth-order valence-corrected chi connectivity index (χ4v) is 3.31. The molecule has 0 amide bonds. The van der Waals surface area contributed by atoms with Crippen molar-refractivity contribution in [3.05, 3.63) is 89.8 Å². The van der Waals surface area contributed by atoms with Crippen molar-refractivity contribution in [3.63, 3.8) is 0 Å². The van der Waals surface area contributed by atoms with E-state index in [0.29, 0.717) is 22.3 Å². The van der Waals surface area contributed by atoms with Gasteiger partial charge in [-0.3, -0.25) is 20.2 Å². The van der Waals surface area contributed by atoms with E-state index in [9.17, 15) is 30.1 Å². The van der Waals surface area contributed by atoms with Gasteiger partial charge >= 0.3 is 5.63 Å². The number of hydrogen-bond donors (Lipinski definition) is 1. The molecule has 11 heteroatoms. The highest BCUT2D eigenvalue weighted by atomic mass is 16.6. The Bertz CT molecular complexity index is 1450. The maximum absolute atomic E-state index is 11.9. The van der Waals surface area contributed by atoms with Crippen molar-refractivity contribution in [2.24, 2.45) is 0 Å². The quantitative estimate of drug-likeness (QED) is 0.321. The monoisotopic (exact) mass is 452 g/mol. The molecule has 0 unspecified atom stereocenters. The summed E-state index contributed by atoms with van der Waals surface area (Å²) < 4.78 is 16.7. The molecule has 2 heterocycles. The molecular weight excluding hydrogens is 436 g/mol. The Morgan fingerprint density at radius 2 is 1.61 bits per heavy atom. The summed E-state index contributed by atoms with van der Waals surface area (Å²) >= 11 is 0. The van der Waals surface area contributed by atoms with Gasteiger partial charge in [0, 0.05) is 28.6 Å². The molecular formula is C22H16N2O9. The van der Waals surface area contributed by atoms with Crippen LogP contribution in [0.3, 0.4) is 0 Å². The first-order chi connectivity index (χ1) is 15.6. The Hall–Kier alpha value is -4.67. The Balaban J connectivity index is 1.63. The highest BCUT2D eigenvalue weighted by molar-refractivity contribution is 5.84. The summed E-state index contributed by atoms with van der Waals surface area (Å²) in [6, 6.07) is 9.75. The van der Waals surface area contributed by atoms with Crippen LogP contribution in [0.4, 0.5) is 11.4 Å². The Morgan fingerprint density at radius 3 is 2.24 bits per heavy atom. The van der Waals surface area contributed by atoms with Crippen LogP contribution in [-0.4, -0.2) is 15.0 Å². The third kappa shape index (κ3) is 4.11. The van der Waals surface area contributed by atoms with Gasteiger partial charge in [0.2, 0.25) is 0 Å². The molecule has 4 rings (SSSR count). The third-order valence-electron chi connectivity index (χ3n) is 5.05. The smallest absolute Gasteiger partial charge is 0.343 e. The largest absolute Gasteiger partial charge is 0.507 e. The van der Waals surface area contributed by atoms with Crippen LogP contribution in [-0.2, 0) is 6.61 Å². The number of nitro groups is 2. The standard InChI is InChI=1S/C22H16N2O9/c1-11-20(25)12(2)22(26)33-21(11)19-8-14-7-17(3-4-18(14)32-19)31-10-13-5-15(23(27)28)9-16(6-13)24(29)30/h3-9,25H,10H2,1-2H3. The SMILES string of the molecule is Cc1c(-c2cc3cc(OCc4cc([N+](=O)[O-])cc([N+](=O)[O-])c4)ccc3o2)oc(=O)c(C)c1O. The summed E-state index contributed by atoms with van der Waals surface area (Å²) in [6.45, 7) is 2.91. The maximum Gasteiger partial charge on any atom is 0.343 e. The van der Waals surface area contributed by atoms with E-state index in [1.54, 1.807) is 31.2 Å². The molecule has 168 valence electrons. The molecule has 1 N–H and O–H groups in total. The van der Waals surface area contributed by atoms with E-state index >= 15 is 0 Å². The van der Waals surface area contributed by atoms with E-state index in [2.05, 4.69) is 0 Å². The number of rotatable bonds is 6. The van der Waals surface area contributed by atoms with Gasteiger partial charge in [0.1, 0.15) is 23.7 Å². The molecule has 0 radical (unpaired) electrons. The molecule has 0 saturated carbocycles. The minimum absolute atomic E-state index is 0.101. The minimum Gasteiger partial charge on any atom is -0.507 e. The highest BCUT2D eigenvalue weighted by Crippen LogP contribution is 2.35. The number of hydrogen-bond acceptors (Lipinski definition) is 9. The van der Waals surface area contributed by atoms with Crippen molar-refractivity contribution in [2.45, 2.75) is 20.5 Å². The van der Waals surface area contributed by atoms with Crippen LogP contribution in [0.5, 0.6) is 11.5 Å². The van der Waals surface area contributed by atoms with E-state index in [0.717, 1.165) is 6.07 Å². The fourth-order valence-electron chi connectivity index (χ4n) is 3.31. The Morgan fingerprint density at radius 1 is 0.939 bits per heavy atom. The van der Waals surface area contributed by atoms with Gasteiger partial charge in [-0.2, -0.15) is 0 Å². The van der Waals surface area contributed by atoms with Crippen LogP contribution in [0.2, 0.25) is 0 Å². The molecule has 4 aromatic rings. The fraction of sp³-hybridized carbons (Fsp3) is 0.136. The first-order valence-corrected chi connectivity index (χ1v) is 9.57. The molecule has 0 aliphatic heterocycles. The lowest BCUT2D eigenvalue weighted by molar-refractivity contribution is -0.394. The molecule has 0 saturated heterocycles. The number of non-ortho nitro benzene ring substituents is 2. The number of benzene rings is 2. The van der Waals surface area contributed by atoms with Gasteiger partial charge < -0.3 is 18.7 Å². The second-order valence-corrected chi connectivity index (χ2v) is 7.29. The summed E-state index contributed by atoms with van der Waals surface area (Å²) in [5.74, 6) is 0.553. The molecule has 0 atom stereocenters. The van der Waals surface area contributed by atoms with Gasteiger partial charge in [-0.25, -0.2) is 4.79 Å². The number of nitrogens with zero attached hydrogens (tertiary/aromatic N) is 2. The van der Waals surface area contributed by atoms with E-state index in [1.807, 2.05) is 0 Å². The molecule has 0 bridgehead atoms. The Labute approximate surface area is 184 Å². The van der Waals surface area contributed by atoms with E-state index in [-0.39, 0.29) is 35.0 Å². The van der Waals surface area contributed by atoms with Crippen molar-refractivity contribution in [2.75, 3.05) is 0 Å². The zero-order valence-corrected chi connectivity index (χ0v) is 17.4. The molecule has 0 spiro atoms. The van der Waals surface area contributed by atoms with Crippen molar-refractivity contribution in [3.8, 4) is 23.0 Å². The molecule has 2 aromatic heterocycles. The average molecular weight is 452 g/mol. The topological polar surface area (TPSA) is 159 Å². The summed E-state index contributed by atoms with van der Waals surface area (Å²) in [5, 5.41) is 32.8. The van der Waals surface area contributed by atoms with E-state index < -0.39 is 26.8 Å². The normalized spacial score (nSPS) is 11.0. The van der Waals surface area contributed by atoms with Crippen molar-refractivity contribution >= 4 is 22.3 Å². The van der Waals surface area contributed by atoms with Crippen LogP contribution in [0.15, 0.2) is 56.1 Å². The second kappa shape index (κ2) is 8.11. The van der Waals surface area contributed by atoms with Crippen LogP contribution >= 0.6 is 0 Å². The van der Waals surface area contributed by atoms with Crippen LogP contribution < -0.4 is 10.4 Å². The zero-order chi connectivity index (χ0) is 23.9. The summed E-state index contributed by atoms with van der Waals surface area (Å²) in [4.78, 5) is 32.6. The Kier molecular flexibility index (Phi) is 5.30. The lowest BCUT2D eigenvalue weighted by Crippen LogP contribution is -2.05. The first-order valence-electron chi connectivity index (χ1n) is 9.57. The predicted octanol–water partition coefficient (Wildman–Crippen LogP) is 4.77. The number of fused-ring (bicyclic) bond motifs is 1. The van der Waals surface area contributed by atoms with E-state index in [1.165, 1.54) is 19.1 Å². The van der Waals surface area contributed by atoms with Crippen LogP contribution in [0.25, 0.3) is 22.5 Å². The molecule has 11 nitrogen and oxygen atoms in total. The predicted molar refractivity (Wildman–Crippen MR) is 115 cm³/mol. The minimum atomic E-state index is -0.710.